The molecule has 0 aliphatic rings. The highest BCUT2D eigenvalue weighted by atomic mass is 35.5. The first-order valence-corrected chi connectivity index (χ1v) is 11.1. The van der Waals surface area contributed by atoms with Crippen molar-refractivity contribution in [3.63, 3.8) is 0 Å². The maximum Gasteiger partial charge on any atom is 0.248 e. The van der Waals surface area contributed by atoms with Crippen molar-refractivity contribution in [3.8, 4) is 0 Å². The molecule has 0 radical (unpaired) electrons. The number of carbonyl (C=O) groups is 2. The molecule has 0 aliphatic carbocycles. The molecule has 1 unspecified atom stereocenters. The van der Waals surface area contributed by atoms with Crippen LogP contribution in [0.3, 0.4) is 0 Å². The van der Waals surface area contributed by atoms with E-state index in [9.17, 15) is 9.59 Å². The fourth-order valence-corrected chi connectivity index (χ4v) is 3.93. The molecule has 3 aromatic rings. The minimum atomic E-state index is -0.390. The summed E-state index contributed by atoms with van der Waals surface area (Å²) in [5, 5.41) is 5.93. The van der Waals surface area contributed by atoms with Gasteiger partial charge in [0.2, 0.25) is 11.8 Å². The Morgan fingerprint density at radius 3 is 2.45 bits per heavy atom. The standard InChI is InChI=1S/C24H20Cl2N2O2S/c1-16(24(30)28-21-12-6-11-20(25)23(21)26)31-19-10-5-9-18(15-19)27-22(29)14-13-17-7-3-2-4-8-17/h2-16H,1H3,(H,27,29)(H,28,30)/b14-13+. The summed E-state index contributed by atoms with van der Waals surface area (Å²) in [5.74, 6) is -0.429. The topological polar surface area (TPSA) is 58.2 Å². The zero-order valence-electron chi connectivity index (χ0n) is 16.6. The normalized spacial score (nSPS) is 11.8. The zero-order valence-corrected chi connectivity index (χ0v) is 19.0. The van der Waals surface area contributed by atoms with Gasteiger partial charge in [-0.05, 0) is 48.9 Å². The summed E-state index contributed by atoms with van der Waals surface area (Å²) in [6.45, 7) is 1.80. The van der Waals surface area contributed by atoms with Crippen LogP contribution in [0.5, 0.6) is 0 Å². The van der Waals surface area contributed by atoms with E-state index in [4.69, 9.17) is 23.2 Å². The van der Waals surface area contributed by atoms with Crippen molar-refractivity contribution in [2.45, 2.75) is 17.1 Å². The maximum absolute atomic E-state index is 12.6. The third-order valence-electron chi connectivity index (χ3n) is 4.22. The molecule has 31 heavy (non-hydrogen) atoms. The van der Waals surface area contributed by atoms with Crippen molar-refractivity contribution >= 4 is 64.2 Å². The van der Waals surface area contributed by atoms with E-state index in [2.05, 4.69) is 10.6 Å². The lowest BCUT2D eigenvalue weighted by Crippen LogP contribution is -2.22. The number of anilines is 2. The Hall–Kier alpha value is -2.73. The van der Waals surface area contributed by atoms with E-state index >= 15 is 0 Å². The molecule has 0 aliphatic heterocycles. The van der Waals surface area contributed by atoms with E-state index in [1.165, 1.54) is 17.8 Å². The van der Waals surface area contributed by atoms with Crippen LogP contribution < -0.4 is 10.6 Å². The van der Waals surface area contributed by atoms with Gasteiger partial charge in [-0.15, -0.1) is 11.8 Å². The third kappa shape index (κ3) is 6.89. The van der Waals surface area contributed by atoms with Gasteiger partial charge in [0.15, 0.2) is 0 Å². The van der Waals surface area contributed by atoms with Crippen molar-refractivity contribution < 1.29 is 9.59 Å². The molecule has 0 aromatic heterocycles. The Kier molecular flexibility index (Phi) is 8.18. The number of hydrogen-bond acceptors (Lipinski definition) is 3. The molecule has 2 amide bonds. The van der Waals surface area contributed by atoms with Crippen molar-refractivity contribution in [1.29, 1.82) is 0 Å². The summed E-state index contributed by atoms with van der Waals surface area (Å²) >= 11 is 13.5. The van der Waals surface area contributed by atoms with Gasteiger partial charge in [0.05, 0.1) is 21.0 Å². The second kappa shape index (κ2) is 11.0. The van der Waals surface area contributed by atoms with Crippen molar-refractivity contribution in [2.24, 2.45) is 0 Å². The van der Waals surface area contributed by atoms with Gasteiger partial charge in [0, 0.05) is 16.7 Å². The number of amides is 2. The zero-order chi connectivity index (χ0) is 22.2. The van der Waals surface area contributed by atoms with Gasteiger partial charge < -0.3 is 10.6 Å². The lowest BCUT2D eigenvalue weighted by atomic mass is 10.2. The number of halogens is 2. The number of benzene rings is 3. The van der Waals surface area contributed by atoms with Crippen molar-refractivity contribution in [1.82, 2.24) is 0 Å². The quantitative estimate of drug-likeness (QED) is 0.296. The molecule has 0 saturated carbocycles. The summed E-state index contributed by atoms with van der Waals surface area (Å²) < 4.78 is 0. The average Bonchev–Trinajstić information content (AvgIpc) is 2.76. The van der Waals surface area contributed by atoms with Crippen LogP contribution in [0.4, 0.5) is 11.4 Å². The molecule has 4 nitrogen and oxygen atoms in total. The summed E-state index contributed by atoms with van der Waals surface area (Å²) in [4.78, 5) is 25.6. The predicted molar refractivity (Wildman–Crippen MR) is 131 cm³/mol. The van der Waals surface area contributed by atoms with E-state index in [1.54, 1.807) is 37.3 Å². The van der Waals surface area contributed by atoms with Crippen LogP contribution in [0.2, 0.25) is 10.0 Å². The molecule has 0 bridgehead atoms. The van der Waals surface area contributed by atoms with Gasteiger partial charge in [-0.2, -0.15) is 0 Å². The van der Waals surface area contributed by atoms with Crippen LogP contribution in [-0.4, -0.2) is 17.1 Å². The van der Waals surface area contributed by atoms with Crippen LogP contribution in [0.15, 0.2) is 83.8 Å². The predicted octanol–water partition coefficient (Wildman–Crippen LogP) is 6.76. The minimum absolute atomic E-state index is 0.200. The molecule has 0 saturated heterocycles. The SMILES string of the molecule is CC(Sc1cccc(NC(=O)/C=C/c2ccccc2)c1)C(=O)Nc1cccc(Cl)c1Cl. The van der Waals surface area contributed by atoms with Crippen LogP contribution in [0.1, 0.15) is 12.5 Å². The van der Waals surface area contributed by atoms with E-state index < -0.39 is 0 Å². The first kappa shape index (κ1) is 22.9. The summed E-state index contributed by atoms with van der Waals surface area (Å²) in [7, 11) is 0. The van der Waals surface area contributed by atoms with Crippen LogP contribution >= 0.6 is 35.0 Å². The van der Waals surface area contributed by atoms with E-state index in [0.29, 0.717) is 21.4 Å². The molecule has 3 rings (SSSR count). The Morgan fingerprint density at radius 1 is 0.935 bits per heavy atom. The summed E-state index contributed by atoms with van der Waals surface area (Å²) in [6, 6.07) is 22.0. The Bertz CT molecular complexity index is 1100. The minimum Gasteiger partial charge on any atom is -0.324 e. The van der Waals surface area contributed by atoms with E-state index in [1.807, 2.05) is 48.5 Å². The van der Waals surface area contributed by atoms with Gasteiger partial charge in [-0.3, -0.25) is 9.59 Å². The fourth-order valence-electron chi connectivity index (χ4n) is 2.66. The number of carbonyl (C=O) groups excluding carboxylic acids is 2. The summed E-state index contributed by atoms with van der Waals surface area (Å²) in [6.07, 6.45) is 3.24. The number of rotatable bonds is 7. The Labute approximate surface area is 195 Å². The molecule has 0 heterocycles. The second-order valence-corrected chi connectivity index (χ2v) is 8.81. The lowest BCUT2D eigenvalue weighted by molar-refractivity contribution is -0.115. The van der Waals surface area contributed by atoms with Crippen molar-refractivity contribution in [3.05, 3.63) is 94.5 Å². The highest BCUT2D eigenvalue weighted by molar-refractivity contribution is 8.00. The van der Waals surface area contributed by atoms with Gasteiger partial charge in [0.1, 0.15) is 0 Å². The number of nitrogens with one attached hydrogen (secondary N) is 2. The number of hydrogen-bond donors (Lipinski definition) is 2. The largest absolute Gasteiger partial charge is 0.324 e. The van der Waals surface area contributed by atoms with Crippen LogP contribution in [-0.2, 0) is 9.59 Å². The molecule has 0 fully saturated rings. The molecule has 0 spiro atoms. The molecular weight excluding hydrogens is 451 g/mol. The monoisotopic (exact) mass is 470 g/mol. The summed E-state index contributed by atoms with van der Waals surface area (Å²) in [5.41, 5.74) is 2.07. The smallest absolute Gasteiger partial charge is 0.248 e. The van der Waals surface area contributed by atoms with Crippen LogP contribution in [0.25, 0.3) is 6.08 Å². The van der Waals surface area contributed by atoms with Crippen molar-refractivity contribution in [2.75, 3.05) is 10.6 Å². The first-order chi connectivity index (χ1) is 14.9. The van der Waals surface area contributed by atoms with E-state index in [-0.39, 0.29) is 17.1 Å². The third-order valence-corrected chi connectivity index (χ3v) is 6.13. The Balaban J connectivity index is 1.59. The number of thioether (sulfide) groups is 1. The molecule has 3 aromatic carbocycles. The van der Waals surface area contributed by atoms with Gasteiger partial charge in [-0.1, -0.05) is 65.7 Å². The molecule has 7 heteroatoms. The molecule has 2 N–H and O–H groups in total. The highest BCUT2D eigenvalue weighted by Crippen LogP contribution is 2.31. The Morgan fingerprint density at radius 2 is 1.68 bits per heavy atom. The maximum atomic E-state index is 12.6. The molecular formula is C24H20Cl2N2O2S. The molecule has 158 valence electrons. The molecule has 1 atom stereocenters. The average molecular weight is 471 g/mol. The van der Waals surface area contributed by atoms with Gasteiger partial charge >= 0.3 is 0 Å². The highest BCUT2D eigenvalue weighted by Gasteiger charge is 2.16. The second-order valence-electron chi connectivity index (χ2n) is 6.61. The fraction of sp³-hybridized carbons (Fsp3) is 0.0833. The van der Waals surface area contributed by atoms with Gasteiger partial charge in [-0.25, -0.2) is 0 Å². The van der Waals surface area contributed by atoms with E-state index in [0.717, 1.165) is 10.5 Å². The van der Waals surface area contributed by atoms with Gasteiger partial charge in [0.25, 0.3) is 0 Å². The first-order valence-electron chi connectivity index (χ1n) is 9.48. The lowest BCUT2D eigenvalue weighted by Gasteiger charge is -2.14. The van der Waals surface area contributed by atoms with Crippen LogP contribution in [0, 0.1) is 0 Å².